The molecule has 0 fully saturated rings. The van der Waals surface area contributed by atoms with Crippen molar-refractivity contribution in [3.63, 3.8) is 0 Å². The smallest absolute Gasteiger partial charge is 0.178 e. The van der Waals surface area contributed by atoms with Gasteiger partial charge in [0.05, 0.1) is 31.0 Å². The SMILES string of the molecule is COc1ccc2c(c1)[nH]c(=S)n2Cc1ccco1. The van der Waals surface area contributed by atoms with E-state index in [1.165, 1.54) is 0 Å². The summed E-state index contributed by atoms with van der Waals surface area (Å²) in [6.45, 7) is 0.623. The van der Waals surface area contributed by atoms with E-state index in [1.54, 1.807) is 13.4 Å². The first kappa shape index (κ1) is 11.1. The highest BCUT2D eigenvalue weighted by atomic mass is 32.1. The van der Waals surface area contributed by atoms with Gasteiger partial charge >= 0.3 is 0 Å². The average molecular weight is 260 g/mol. The maximum atomic E-state index is 5.35. The van der Waals surface area contributed by atoms with Crippen LogP contribution in [0.15, 0.2) is 41.0 Å². The van der Waals surface area contributed by atoms with E-state index in [4.69, 9.17) is 21.4 Å². The van der Waals surface area contributed by atoms with Gasteiger partial charge in [-0.25, -0.2) is 0 Å². The zero-order chi connectivity index (χ0) is 12.5. The number of furan rings is 1. The first-order valence-electron chi connectivity index (χ1n) is 5.57. The second-order valence-electron chi connectivity index (χ2n) is 3.98. The lowest BCUT2D eigenvalue weighted by atomic mass is 10.3. The Morgan fingerprint density at radius 2 is 2.28 bits per heavy atom. The van der Waals surface area contributed by atoms with E-state index < -0.39 is 0 Å². The van der Waals surface area contributed by atoms with E-state index in [-0.39, 0.29) is 0 Å². The minimum absolute atomic E-state index is 0.623. The quantitative estimate of drug-likeness (QED) is 0.734. The monoisotopic (exact) mass is 260 g/mol. The van der Waals surface area contributed by atoms with Gasteiger partial charge in [0, 0.05) is 6.07 Å². The Morgan fingerprint density at radius 3 is 3.00 bits per heavy atom. The fourth-order valence-corrected chi connectivity index (χ4v) is 2.26. The summed E-state index contributed by atoms with van der Waals surface area (Å²) in [6, 6.07) is 9.65. The van der Waals surface area contributed by atoms with Gasteiger partial charge in [0.15, 0.2) is 4.77 Å². The Hall–Kier alpha value is -2.01. The number of benzene rings is 1. The van der Waals surface area contributed by atoms with Crippen LogP contribution in [0.2, 0.25) is 0 Å². The van der Waals surface area contributed by atoms with E-state index in [0.717, 1.165) is 22.5 Å². The summed E-state index contributed by atoms with van der Waals surface area (Å²) in [4.78, 5) is 3.17. The van der Waals surface area contributed by atoms with Crippen LogP contribution in [-0.4, -0.2) is 16.7 Å². The Balaban J connectivity index is 2.11. The standard InChI is InChI=1S/C13H12N2O2S/c1-16-9-4-5-12-11(7-9)14-13(18)15(12)8-10-3-2-6-17-10/h2-7H,8H2,1H3,(H,14,18). The zero-order valence-corrected chi connectivity index (χ0v) is 10.7. The molecule has 92 valence electrons. The van der Waals surface area contributed by atoms with Crippen molar-refractivity contribution >= 4 is 23.3 Å². The molecule has 0 unspecified atom stereocenters. The molecule has 0 saturated heterocycles. The first-order chi connectivity index (χ1) is 8.78. The van der Waals surface area contributed by atoms with Crippen molar-refractivity contribution < 1.29 is 9.15 Å². The molecule has 3 aromatic rings. The van der Waals surface area contributed by atoms with Crippen LogP contribution in [0, 0.1) is 4.77 Å². The molecule has 1 aromatic carbocycles. The van der Waals surface area contributed by atoms with Gasteiger partial charge in [0.2, 0.25) is 0 Å². The van der Waals surface area contributed by atoms with E-state index in [0.29, 0.717) is 11.3 Å². The molecule has 1 N–H and O–H groups in total. The summed E-state index contributed by atoms with van der Waals surface area (Å²) < 4.78 is 13.2. The van der Waals surface area contributed by atoms with E-state index in [9.17, 15) is 0 Å². The Kier molecular flexibility index (Phi) is 2.68. The van der Waals surface area contributed by atoms with Crippen molar-refractivity contribution in [1.82, 2.24) is 9.55 Å². The predicted molar refractivity (Wildman–Crippen MR) is 71.5 cm³/mol. The maximum Gasteiger partial charge on any atom is 0.178 e. The molecule has 4 nitrogen and oxygen atoms in total. The maximum absolute atomic E-state index is 5.35. The van der Waals surface area contributed by atoms with Crippen LogP contribution in [-0.2, 0) is 6.54 Å². The van der Waals surface area contributed by atoms with Crippen LogP contribution < -0.4 is 4.74 Å². The minimum atomic E-state index is 0.623. The highest BCUT2D eigenvalue weighted by Crippen LogP contribution is 2.21. The number of hydrogen-bond donors (Lipinski definition) is 1. The van der Waals surface area contributed by atoms with Crippen LogP contribution in [0.5, 0.6) is 5.75 Å². The van der Waals surface area contributed by atoms with E-state index in [2.05, 4.69) is 4.98 Å². The van der Waals surface area contributed by atoms with Crippen molar-refractivity contribution in [1.29, 1.82) is 0 Å². The molecule has 0 radical (unpaired) electrons. The second-order valence-corrected chi connectivity index (χ2v) is 4.37. The number of aromatic nitrogens is 2. The number of fused-ring (bicyclic) bond motifs is 1. The van der Waals surface area contributed by atoms with Crippen molar-refractivity contribution in [2.45, 2.75) is 6.54 Å². The number of H-pyrrole nitrogens is 1. The number of nitrogens with zero attached hydrogens (tertiary/aromatic N) is 1. The van der Waals surface area contributed by atoms with Crippen LogP contribution in [0.4, 0.5) is 0 Å². The van der Waals surface area contributed by atoms with Crippen LogP contribution in [0.25, 0.3) is 11.0 Å². The van der Waals surface area contributed by atoms with Gasteiger partial charge in [-0.1, -0.05) is 0 Å². The van der Waals surface area contributed by atoms with Gasteiger partial charge in [0.1, 0.15) is 11.5 Å². The number of nitrogens with one attached hydrogen (secondary N) is 1. The number of hydrogen-bond acceptors (Lipinski definition) is 3. The number of ether oxygens (including phenoxy) is 1. The predicted octanol–water partition coefficient (Wildman–Crippen LogP) is 3.35. The lowest BCUT2D eigenvalue weighted by molar-refractivity contribution is 0.415. The fraction of sp³-hybridized carbons (Fsp3) is 0.154. The summed E-state index contributed by atoms with van der Waals surface area (Å²) in [5, 5.41) is 0. The number of rotatable bonds is 3. The van der Waals surface area contributed by atoms with Crippen molar-refractivity contribution in [2.75, 3.05) is 7.11 Å². The molecule has 0 aliphatic carbocycles. The lowest BCUT2D eigenvalue weighted by Crippen LogP contribution is -1.98. The summed E-state index contributed by atoms with van der Waals surface area (Å²) in [7, 11) is 1.65. The highest BCUT2D eigenvalue weighted by molar-refractivity contribution is 7.71. The molecule has 0 saturated carbocycles. The topological polar surface area (TPSA) is 43.1 Å². The molecule has 3 rings (SSSR count). The molecule has 0 amide bonds. The number of methoxy groups -OCH3 is 1. The largest absolute Gasteiger partial charge is 0.497 e. The average Bonchev–Trinajstić information content (AvgIpc) is 2.98. The molecule has 0 atom stereocenters. The van der Waals surface area contributed by atoms with Gasteiger partial charge < -0.3 is 18.7 Å². The third kappa shape index (κ3) is 1.82. The van der Waals surface area contributed by atoms with Crippen LogP contribution in [0.3, 0.4) is 0 Å². The normalized spacial score (nSPS) is 10.9. The summed E-state index contributed by atoms with van der Waals surface area (Å²) >= 11 is 5.33. The Labute approximate surface area is 109 Å². The van der Waals surface area contributed by atoms with Crippen LogP contribution >= 0.6 is 12.2 Å². The van der Waals surface area contributed by atoms with Crippen molar-refractivity contribution in [3.05, 3.63) is 47.1 Å². The molecule has 0 aliphatic rings. The van der Waals surface area contributed by atoms with Crippen molar-refractivity contribution in [3.8, 4) is 5.75 Å². The molecule has 2 heterocycles. The Bertz CT molecular complexity index is 725. The zero-order valence-electron chi connectivity index (χ0n) is 9.84. The van der Waals surface area contributed by atoms with Gasteiger partial charge in [-0.3, -0.25) is 0 Å². The van der Waals surface area contributed by atoms with Gasteiger partial charge in [-0.2, -0.15) is 0 Å². The van der Waals surface area contributed by atoms with Crippen LogP contribution in [0.1, 0.15) is 5.76 Å². The number of aromatic amines is 1. The third-order valence-corrected chi connectivity index (χ3v) is 3.20. The molecule has 18 heavy (non-hydrogen) atoms. The molecular formula is C13H12N2O2S. The van der Waals surface area contributed by atoms with Crippen molar-refractivity contribution in [2.24, 2.45) is 0 Å². The van der Waals surface area contributed by atoms with Gasteiger partial charge in [0.25, 0.3) is 0 Å². The Morgan fingerprint density at radius 1 is 1.39 bits per heavy atom. The third-order valence-electron chi connectivity index (χ3n) is 2.88. The van der Waals surface area contributed by atoms with Gasteiger partial charge in [-0.15, -0.1) is 0 Å². The first-order valence-corrected chi connectivity index (χ1v) is 5.97. The van der Waals surface area contributed by atoms with Gasteiger partial charge in [-0.05, 0) is 36.5 Å². The molecule has 0 bridgehead atoms. The summed E-state index contributed by atoms with van der Waals surface area (Å²) in [6.07, 6.45) is 1.66. The lowest BCUT2D eigenvalue weighted by Gasteiger charge is -2.03. The van der Waals surface area contributed by atoms with E-state index in [1.807, 2.05) is 34.9 Å². The molecule has 2 aromatic heterocycles. The summed E-state index contributed by atoms with van der Waals surface area (Å²) in [5.74, 6) is 1.69. The molecule has 5 heteroatoms. The fourth-order valence-electron chi connectivity index (χ4n) is 1.99. The molecule has 0 aliphatic heterocycles. The molecular weight excluding hydrogens is 248 g/mol. The highest BCUT2D eigenvalue weighted by Gasteiger charge is 2.07. The minimum Gasteiger partial charge on any atom is -0.497 e. The molecule has 0 spiro atoms. The summed E-state index contributed by atoms with van der Waals surface area (Å²) in [5.41, 5.74) is 2.00. The van der Waals surface area contributed by atoms with E-state index >= 15 is 0 Å². The number of imidazole rings is 1. The second kappa shape index (κ2) is 4.34.